The van der Waals surface area contributed by atoms with Gasteiger partial charge in [0, 0.05) is 11.8 Å². The van der Waals surface area contributed by atoms with Crippen LogP contribution in [-0.4, -0.2) is 33.9 Å². The van der Waals surface area contributed by atoms with Gasteiger partial charge in [-0.1, -0.05) is 19.0 Å². The second-order valence-electron chi connectivity index (χ2n) is 4.51. The summed E-state index contributed by atoms with van der Waals surface area (Å²) in [5.74, 6) is -1.37. The van der Waals surface area contributed by atoms with Gasteiger partial charge in [-0.05, 0) is 18.1 Å². The van der Waals surface area contributed by atoms with E-state index in [0.29, 0.717) is 5.56 Å². The fraction of sp³-hybridized carbons (Fsp3) is 0.333. The molecule has 1 aromatic heterocycles. The van der Waals surface area contributed by atoms with E-state index in [1.807, 2.05) is 0 Å². The molecular formula is C12H17N5O3. The van der Waals surface area contributed by atoms with E-state index >= 15 is 0 Å². The Morgan fingerprint density at radius 2 is 2.00 bits per heavy atom. The third kappa shape index (κ3) is 3.67. The first-order valence-electron chi connectivity index (χ1n) is 5.91. The molecule has 0 radical (unpaired) electrons. The largest absolute Gasteiger partial charge is 0.409 e. The van der Waals surface area contributed by atoms with Gasteiger partial charge in [0.2, 0.25) is 5.91 Å². The number of amides is 2. The molecule has 0 fully saturated rings. The van der Waals surface area contributed by atoms with Crippen molar-refractivity contribution in [2.45, 2.75) is 19.9 Å². The summed E-state index contributed by atoms with van der Waals surface area (Å²) in [6.07, 6.45) is 1.29. The third-order valence-electron chi connectivity index (χ3n) is 2.66. The molecule has 0 aliphatic rings. The van der Waals surface area contributed by atoms with Crippen LogP contribution in [0.25, 0.3) is 0 Å². The van der Waals surface area contributed by atoms with Crippen LogP contribution in [0.5, 0.6) is 0 Å². The van der Waals surface area contributed by atoms with Gasteiger partial charge in [-0.15, -0.1) is 0 Å². The van der Waals surface area contributed by atoms with E-state index in [4.69, 9.17) is 16.7 Å². The first-order chi connectivity index (χ1) is 9.36. The summed E-state index contributed by atoms with van der Waals surface area (Å²) < 4.78 is 0. The number of nitrogens with zero attached hydrogens (tertiary/aromatic N) is 2. The Labute approximate surface area is 115 Å². The highest BCUT2D eigenvalue weighted by Gasteiger charge is 2.22. The number of amidine groups is 1. The van der Waals surface area contributed by atoms with Crippen molar-refractivity contribution in [1.82, 2.24) is 10.3 Å². The molecule has 108 valence electrons. The maximum absolute atomic E-state index is 11.9. The lowest BCUT2D eigenvalue weighted by molar-refractivity contribution is -0.120. The molecule has 8 heteroatoms. The summed E-state index contributed by atoms with van der Waals surface area (Å²) in [4.78, 5) is 27.0. The third-order valence-corrected chi connectivity index (χ3v) is 2.66. The zero-order valence-electron chi connectivity index (χ0n) is 11.2. The van der Waals surface area contributed by atoms with Gasteiger partial charge < -0.3 is 22.0 Å². The number of nitrogens with one attached hydrogen (secondary N) is 1. The van der Waals surface area contributed by atoms with Gasteiger partial charge in [-0.25, -0.2) is 0 Å². The quantitative estimate of drug-likeness (QED) is 0.246. The molecule has 0 aliphatic heterocycles. The molecule has 0 bridgehead atoms. The number of aromatic nitrogens is 1. The standard InChI is InChI=1S/C12H17N5O3/c1-6(2)9(11(14)18)16-12(19)8-4-3-7(5-15-8)10(13)17-20/h3-6,9,20H,1-2H3,(H2,13,17)(H2,14,18)(H,16,19). The molecule has 0 saturated heterocycles. The van der Waals surface area contributed by atoms with Crippen LogP contribution in [0.3, 0.4) is 0 Å². The van der Waals surface area contributed by atoms with Crippen LogP contribution in [-0.2, 0) is 4.79 Å². The zero-order valence-corrected chi connectivity index (χ0v) is 11.2. The second kappa shape index (κ2) is 6.50. The van der Waals surface area contributed by atoms with Crippen LogP contribution in [0.15, 0.2) is 23.5 Å². The Bertz CT molecular complexity index is 524. The number of hydrogen-bond acceptors (Lipinski definition) is 5. The molecule has 1 rings (SSSR count). The van der Waals surface area contributed by atoms with Crippen molar-refractivity contribution in [3.63, 3.8) is 0 Å². The van der Waals surface area contributed by atoms with E-state index in [1.54, 1.807) is 13.8 Å². The Hall–Kier alpha value is -2.64. The zero-order chi connectivity index (χ0) is 15.3. The number of carbonyl (C=O) groups is 2. The average molecular weight is 279 g/mol. The van der Waals surface area contributed by atoms with E-state index in [1.165, 1.54) is 18.3 Å². The first kappa shape index (κ1) is 15.4. The predicted molar refractivity (Wildman–Crippen MR) is 72.0 cm³/mol. The van der Waals surface area contributed by atoms with Gasteiger partial charge in [0.05, 0.1) is 0 Å². The highest BCUT2D eigenvalue weighted by molar-refractivity contribution is 5.99. The van der Waals surface area contributed by atoms with E-state index in [-0.39, 0.29) is 17.4 Å². The van der Waals surface area contributed by atoms with E-state index in [0.717, 1.165) is 0 Å². The number of oxime groups is 1. The van der Waals surface area contributed by atoms with Gasteiger partial charge >= 0.3 is 0 Å². The summed E-state index contributed by atoms with van der Waals surface area (Å²) in [5.41, 5.74) is 11.1. The molecule has 1 atom stereocenters. The highest BCUT2D eigenvalue weighted by Crippen LogP contribution is 2.04. The molecule has 20 heavy (non-hydrogen) atoms. The van der Waals surface area contributed by atoms with Crippen LogP contribution in [0.1, 0.15) is 29.9 Å². The molecule has 2 amide bonds. The smallest absolute Gasteiger partial charge is 0.270 e. The van der Waals surface area contributed by atoms with Gasteiger partial charge in [0.1, 0.15) is 11.7 Å². The number of hydrogen-bond donors (Lipinski definition) is 4. The molecule has 1 aromatic rings. The van der Waals surface area contributed by atoms with Gasteiger partial charge in [-0.2, -0.15) is 0 Å². The number of nitrogens with two attached hydrogens (primary N) is 2. The Morgan fingerprint density at radius 3 is 2.40 bits per heavy atom. The Morgan fingerprint density at radius 1 is 1.35 bits per heavy atom. The maximum atomic E-state index is 11.9. The first-order valence-corrected chi connectivity index (χ1v) is 5.91. The molecule has 1 heterocycles. The molecular weight excluding hydrogens is 262 g/mol. The van der Waals surface area contributed by atoms with Gasteiger partial charge in [0.25, 0.3) is 5.91 Å². The van der Waals surface area contributed by atoms with E-state index < -0.39 is 17.9 Å². The minimum atomic E-state index is -0.770. The van der Waals surface area contributed by atoms with Crippen molar-refractivity contribution in [2.24, 2.45) is 22.5 Å². The number of rotatable bonds is 5. The van der Waals surface area contributed by atoms with Crippen molar-refractivity contribution in [3.05, 3.63) is 29.6 Å². The summed E-state index contributed by atoms with van der Waals surface area (Å²) >= 11 is 0. The lowest BCUT2D eigenvalue weighted by Crippen LogP contribution is -2.47. The molecule has 0 aromatic carbocycles. The Balaban J connectivity index is 2.85. The molecule has 1 unspecified atom stereocenters. The van der Waals surface area contributed by atoms with Gasteiger partial charge in [0.15, 0.2) is 5.84 Å². The predicted octanol–water partition coefficient (Wildman–Crippen LogP) is -0.584. The highest BCUT2D eigenvalue weighted by atomic mass is 16.4. The number of primary amides is 1. The number of carbonyl (C=O) groups excluding carboxylic acids is 2. The van der Waals surface area contributed by atoms with E-state index in [9.17, 15) is 9.59 Å². The van der Waals surface area contributed by atoms with Crippen molar-refractivity contribution in [2.75, 3.05) is 0 Å². The molecule has 0 saturated carbocycles. The average Bonchev–Trinajstić information content (AvgIpc) is 2.43. The monoisotopic (exact) mass is 279 g/mol. The fourth-order valence-electron chi connectivity index (χ4n) is 1.52. The molecule has 0 spiro atoms. The van der Waals surface area contributed by atoms with Crippen molar-refractivity contribution in [1.29, 1.82) is 0 Å². The summed E-state index contributed by atoms with van der Waals surface area (Å²) in [7, 11) is 0. The molecule has 8 nitrogen and oxygen atoms in total. The second-order valence-corrected chi connectivity index (χ2v) is 4.51. The molecule has 0 aliphatic carbocycles. The fourth-order valence-corrected chi connectivity index (χ4v) is 1.52. The van der Waals surface area contributed by atoms with Gasteiger partial charge in [-0.3, -0.25) is 14.6 Å². The summed E-state index contributed by atoms with van der Waals surface area (Å²) in [5, 5.41) is 13.8. The minimum Gasteiger partial charge on any atom is -0.409 e. The minimum absolute atomic E-state index is 0.103. The van der Waals surface area contributed by atoms with Crippen molar-refractivity contribution in [3.8, 4) is 0 Å². The lowest BCUT2D eigenvalue weighted by Gasteiger charge is -2.18. The van der Waals surface area contributed by atoms with Crippen LogP contribution in [0.2, 0.25) is 0 Å². The van der Waals surface area contributed by atoms with Crippen molar-refractivity contribution >= 4 is 17.6 Å². The van der Waals surface area contributed by atoms with E-state index in [2.05, 4.69) is 15.5 Å². The van der Waals surface area contributed by atoms with Crippen LogP contribution < -0.4 is 16.8 Å². The van der Waals surface area contributed by atoms with Crippen LogP contribution in [0.4, 0.5) is 0 Å². The maximum Gasteiger partial charge on any atom is 0.270 e. The topological polar surface area (TPSA) is 144 Å². The lowest BCUT2D eigenvalue weighted by atomic mass is 10.0. The normalized spacial score (nSPS) is 13.1. The van der Waals surface area contributed by atoms with Crippen LogP contribution in [0, 0.1) is 5.92 Å². The molecule has 6 N–H and O–H groups in total. The summed E-state index contributed by atoms with van der Waals surface area (Å²) in [6, 6.07) is 2.11. The van der Waals surface area contributed by atoms with Crippen molar-refractivity contribution < 1.29 is 14.8 Å². The summed E-state index contributed by atoms with van der Waals surface area (Å²) in [6.45, 7) is 3.54. The number of pyridine rings is 1. The van der Waals surface area contributed by atoms with Crippen LogP contribution >= 0.6 is 0 Å². The Kier molecular flexibility index (Phi) is 5.01. The SMILES string of the molecule is CC(C)C(NC(=O)c1ccc(/C(N)=N/O)cn1)C(N)=O.